The van der Waals surface area contributed by atoms with Crippen LogP contribution in [-0.4, -0.2) is 33.8 Å². The fraction of sp³-hybridized carbons (Fsp3) is 0.533. The predicted octanol–water partition coefficient (Wildman–Crippen LogP) is 2.89. The maximum absolute atomic E-state index is 11.4. The number of hydrogen-bond acceptors (Lipinski definition) is 2. The highest BCUT2D eigenvalue weighted by Crippen LogP contribution is 2.29. The van der Waals surface area contributed by atoms with Gasteiger partial charge in [-0.15, -0.1) is 0 Å². The summed E-state index contributed by atoms with van der Waals surface area (Å²) in [6.45, 7) is 4.67. The number of amides is 1. The van der Waals surface area contributed by atoms with Gasteiger partial charge in [0.2, 0.25) is 0 Å². The van der Waals surface area contributed by atoms with Crippen molar-refractivity contribution in [1.29, 1.82) is 0 Å². The van der Waals surface area contributed by atoms with Crippen LogP contribution in [0, 0.1) is 5.92 Å². The van der Waals surface area contributed by atoms with E-state index in [-0.39, 0.29) is 11.8 Å². The normalized spacial score (nSPS) is 19.1. The summed E-state index contributed by atoms with van der Waals surface area (Å²) in [6, 6.07) is 5.50. The Balaban J connectivity index is 2.31. The number of nitrogens with zero attached hydrogens (tertiary/aromatic N) is 1. The molecule has 2 rings (SSSR count). The number of phenols is 1. The zero-order valence-electron chi connectivity index (χ0n) is 11.5. The van der Waals surface area contributed by atoms with Crippen molar-refractivity contribution < 1.29 is 15.0 Å². The molecule has 2 N–H and O–H groups in total. The van der Waals surface area contributed by atoms with Gasteiger partial charge in [0.1, 0.15) is 5.75 Å². The van der Waals surface area contributed by atoms with Crippen LogP contribution in [0.4, 0.5) is 4.79 Å². The van der Waals surface area contributed by atoms with E-state index < -0.39 is 6.09 Å². The Hall–Kier alpha value is -1.71. The maximum atomic E-state index is 11.4. The second kappa shape index (κ2) is 5.51. The summed E-state index contributed by atoms with van der Waals surface area (Å²) in [6.07, 6.45) is 1.26. The highest BCUT2D eigenvalue weighted by Gasteiger charge is 2.28. The lowest BCUT2D eigenvalue weighted by molar-refractivity contribution is 0.120. The number of phenolic OH excluding ortho intramolecular Hbond substituents is 1. The molecular weight excluding hydrogens is 242 g/mol. The van der Waals surface area contributed by atoms with Gasteiger partial charge >= 0.3 is 6.09 Å². The summed E-state index contributed by atoms with van der Waals surface area (Å²) >= 11 is 0. The van der Waals surface area contributed by atoms with E-state index in [9.17, 15) is 15.0 Å². The minimum Gasteiger partial charge on any atom is -0.508 e. The van der Waals surface area contributed by atoms with Crippen molar-refractivity contribution in [3.63, 3.8) is 0 Å². The van der Waals surface area contributed by atoms with Gasteiger partial charge in [-0.05, 0) is 42.4 Å². The van der Waals surface area contributed by atoms with Gasteiger partial charge in [0.25, 0.3) is 0 Å². The van der Waals surface area contributed by atoms with Crippen molar-refractivity contribution in [3.8, 4) is 5.75 Å². The zero-order valence-corrected chi connectivity index (χ0v) is 11.5. The minimum atomic E-state index is -0.863. The zero-order chi connectivity index (χ0) is 14.0. The van der Waals surface area contributed by atoms with Crippen LogP contribution >= 0.6 is 0 Å². The van der Waals surface area contributed by atoms with Crippen molar-refractivity contribution in [2.45, 2.75) is 39.2 Å². The Kier molecular flexibility index (Phi) is 3.98. The number of carboxylic acid groups (broad SMARTS) is 1. The van der Waals surface area contributed by atoms with Gasteiger partial charge in [-0.2, -0.15) is 0 Å². The molecule has 0 saturated heterocycles. The summed E-state index contributed by atoms with van der Waals surface area (Å²) in [7, 11) is 0. The second-order valence-corrected chi connectivity index (χ2v) is 5.63. The number of hydrogen-bond donors (Lipinski definition) is 2. The van der Waals surface area contributed by atoms with Gasteiger partial charge in [-0.1, -0.05) is 26.0 Å². The van der Waals surface area contributed by atoms with Crippen LogP contribution in [0.25, 0.3) is 0 Å². The molecule has 0 spiro atoms. The van der Waals surface area contributed by atoms with Gasteiger partial charge < -0.3 is 15.1 Å². The summed E-state index contributed by atoms with van der Waals surface area (Å²) in [5.41, 5.74) is 1.98. The van der Waals surface area contributed by atoms with Crippen LogP contribution in [0.2, 0.25) is 0 Å². The second-order valence-electron chi connectivity index (χ2n) is 5.63. The van der Waals surface area contributed by atoms with Gasteiger partial charge in [-0.25, -0.2) is 4.79 Å². The first kappa shape index (κ1) is 13.7. The van der Waals surface area contributed by atoms with Crippen molar-refractivity contribution >= 4 is 6.09 Å². The molecule has 0 aromatic heterocycles. The first-order chi connectivity index (χ1) is 8.99. The highest BCUT2D eigenvalue weighted by atomic mass is 16.4. The molecule has 0 radical (unpaired) electrons. The lowest BCUT2D eigenvalue weighted by atomic mass is 9.95. The summed E-state index contributed by atoms with van der Waals surface area (Å²) in [5.74, 6) is 0.735. The third-order valence-corrected chi connectivity index (χ3v) is 3.74. The summed E-state index contributed by atoms with van der Waals surface area (Å²) in [4.78, 5) is 12.9. The first-order valence-electron chi connectivity index (χ1n) is 6.78. The van der Waals surface area contributed by atoms with Crippen LogP contribution in [0.15, 0.2) is 18.2 Å². The maximum Gasteiger partial charge on any atom is 0.407 e. The molecule has 4 heteroatoms. The Morgan fingerprint density at radius 2 is 2.21 bits per heavy atom. The molecule has 0 saturated carbocycles. The number of rotatable bonds is 2. The average molecular weight is 263 g/mol. The monoisotopic (exact) mass is 263 g/mol. The Labute approximate surface area is 113 Å². The molecule has 0 fully saturated rings. The molecule has 104 valence electrons. The van der Waals surface area contributed by atoms with Gasteiger partial charge in [0.15, 0.2) is 0 Å². The molecule has 1 aromatic carbocycles. The van der Waals surface area contributed by atoms with E-state index in [0.717, 1.165) is 17.5 Å². The minimum absolute atomic E-state index is 0.000509. The quantitative estimate of drug-likeness (QED) is 0.862. The van der Waals surface area contributed by atoms with Crippen molar-refractivity contribution in [1.82, 2.24) is 4.90 Å². The van der Waals surface area contributed by atoms with E-state index in [1.807, 2.05) is 12.1 Å². The van der Waals surface area contributed by atoms with E-state index in [2.05, 4.69) is 13.8 Å². The molecule has 1 aliphatic heterocycles. The molecule has 1 amide bonds. The Morgan fingerprint density at radius 3 is 2.84 bits per heavy atom. The number of fused-ring (bicyclic) bond motifs is 1. The van der Waals surface area contributed by atoms with E-state index >= 15 is 0 Å². The molecule has 1 aliphatic rings. The fourth-order valence-electron chi connectivity index (χ4n) is 2.89. The molecular formula is C15H21NO3. The molecule has 4 nitrogen and oxygen atoms in total. The molecule has 19 heavy (non-hydrogen) atoms. The van der Waals surface area contributed by atoms with Gasteiger partial charge in [0.05, 0.1) is 0 Å². The van der Waals surface area contributed by atoms with Crippen LogP contribution in [0.5, 0.6) is 5.75 Å². The predicted molar refractivity (Wildman–Crippen MR) is 73.5 cm³/mol. The molecule has 0 bridgehead atoms. The number of aromatic hydroxyl groups is 1. The lowest BCUT2D eigenvalue weighted by Gasteiger charge is -2.28. The van der Waals surface area contributed by atoms with Crippen molar-refractivity contribution in [3.05, 3.63) is 29.3 Å². The van der Waals surface area contributed by atoms with Crippen molar-refractivity contribution in [2.24, 2.45) is 5.92 Å². The topological polar surface area (TPSA) is 60.8 Å². The lowest BCUT2D eigenvalue weighted by Crippen LogP contribution is -2.41. The third-order valence-electron chi connectivity index (χ3n) is 3.74. The number of carbonyl (C=O) groups is 1. The van der Waals surface area contributed by atoms with E-state index in [1.54, 1.807) is 6.07 Å². The Morgan fingerprint density at radius 1 is 1.47 bits per heavy atom. The van der Waals surface area contributed by atoms with Crippen LogP contribution < -0.4 is 0 Å². The smallest absolute Gasteiger partial charge is 0.407 e. The molecule has 0 aliphatic carbocycles. The molecule has 1 atom stereocenters. The summed E-state index contributed by atoms with van der Waals surface area (Å²) < 4.78 is 0. The van der Waals surface area contributed by atoms with Gasteiger partial charge in [-0.3, -0.25) is 0 Å². The van der Waals surface area contributed by atoms with E-state index in [0.29, 0.717) is 25.3 Å². The standard InChI is InChI=1S/C15H21NO3/c1-10(2)8-12-9-11-4-3-5-14(17)13(11)6-7-16(12)15(18)19/h3-5,10,12,17H,6-9H2,1-2H3,(H,18,19). The van der Waals surface area contributed by atoms with Crippen LogP contribution in [0.3, 0.4) is 0 Å². The SMILES string of the molecule is CC(C)CC1Cc2cccc(O)c2CCN1C(=O)O. The molecule has 1 unspecified atom stereocenters. The van der Waals surface area contributed by atoms with E-state index in [1.165, 1.54) is 4.90 Å². The average Bonchev–Trinajstić information content (AvgIpc) is 2.48. The molecule has 1 heterocycles. The first-order valence-corrected chi connectivity index (χ1v) is 6.78. The van der Waals surface area contributed by atoms with E-state index in [4.69, 9.17) is 0 Å². The van der Waals surface area contributed by atoms with Gasteiger partial charge in [0, 0.05) is 12.6 Å². The summed E-state index contributed by atoms with van der Waals surface area (Å²) in [5, 5.41) is 19.3. The third kappa shape index (κ3) is 3.00. The number of benzene rings is 1. The van der Waals surface area contributed by atoms with Crippen LogP contribution in [-0.2, 0) is 12.8 Å². The highest BCUT2D eigenvalue weighted by molar-refractivity contribution is 5.66. The Bertz CT molecular complexity index is 470. The van der Waals surface area contributed by atoms with Crippen molar-refractivity contribution in [2.75, 3.05) is 6.54 Å². The molecule has 1 aromatic rings. The fourth-order valence-corrected chi connectivity index (χ4v) is 2.89. The van der Waals surface area contributed by atoms with Crippen LogP contribution in [0.1, 0.15) is 31.4 Å². The largest absolute Gasteiger partial charge is 0.508 e.